The molecule has 0 saturated carbocycles. The summed E-state index contributed by atoms with van der Waals surface area (Å²) in [4.78, 5) is 35.7. The number of hydrogen-bond donors (Lipinski definition) is 3. The van der Waals surface area contributed by atoms with Crippen molar-refractivity contribution in [2.45, 2.75) is 52.9 Å². The first-order valence-electron chi connectivity index (χ1n) is 7.80. The van der Waals surface area contributed by atoms with Crippen molar-refractivity contribution < 1.29 is 14.4 Å². The van der Waals surface area contributed by atoms with Gasteiger partial charge in [0.25, 0.3) is 0 Å². The van der Waals surface area contributed by atoms with Crippen LogP contribution < -0.4 is 16.0 Å². The summed E-state index contributed by atoms with van der Waals surface area (Å²) in [5, 5.41) is 7.73. The molecular weight excluding hydrogens is 270 g/mol. The molecule has 0 radical (unpaired) electrons. The Morgan fingerprint density at radius 1 is 1.05 bits per heavy atom. The lowest BCUT2D eigenvalue weighted by atomic mass is 9.75. The normalized spacial score (nSPS) is 17.8. The molecule has 0 aromatic heterocycles. The van der Waals surface area contributed by atoms with Gasteiger partial charge in [0, 0.05) is 0 Å². The molecule has 0 unspecified atom stereocenters. The fourth-order valence-corrected chi connectivity index (χ4v) is 2.42. The van der Waals surface area contributed by atoms with E-state index < -0.39 is 23.3 Å². The van der Waals surface area contributed by atoms with Gasteiger partial charge >= 0.3 is 6.03 Å². The second-order valence-corrected chi connectivity index (χ2v) is 6.11. The van der Waals surface area contributed by atoms with Crippen molar-refractivity contribution in [2.75, 3.05) is 13.1 Å². The van der Waals surface area contributed by atoms with E-state index in [0.29, 0.717) is 25.3 Å². The fraction of sp³-hybridized carbons (Fsp3) is 0.800. The Morgan fingerprint density at radius 3 is 2.19 bits per heavy atom. The molecule has 3 N–H and O–H groups in total. The number of unbranched alkanes of at least 4 members (excludes halogenated alkanes) is 1. The Morgan fingerprint density at radius 2 is 1.67 bits per heavy atom. The number of carbonyl (C=O) groups excluding carboxylic acids is 3. The molecular formula is C15H27N3O3. The van der Waals surface area contributed by atoms with Gasteiger partial charge in [-0.2, -0.15) is 0 Å². The first-order chi connectivity index (χ1) is 9.92. The molecule has 0 aliphatic carbocycles. The van der Waals surface area contributed by atoms with E-state index in [2.05, 4.69) is 36.7 Å². The number of carbonyl (C=O) groups is 3. The molecule has 1 aliphatic rings. The number of nitrogens with one attached hydrogen (secondary N) is 3. The van der Waals surface area contributed by atoms with Gasteiger partial charge in [0.1, 0.15) is 5.41 Å². The standard InChI is InChI=1S/C15H27N3O3/c1-4-5-9-16-10-8-15(7-6-11(2)3)12(19)17-14(21)18-13(15)20/h11,16H,4-10H2,1-3H3,(H2,17,18,19,20,21). The van der Waals surface area contributed by atoms with Crippen LogP contribution in [0.3, 0.4) is 0 Å². The molecule has 6 heteroatoms. The van der Waals surface area contributed by atoms with Crippen LogP contribution in [-0.4, -0.2) is 30.9 Å². The SMILES string of the molecule is CCCCNCCC1(CCC(C)C)C(=O)NC(=O)NC1=O. The van der Waals surface area contributed by atoms with Crippen molar-refractivity contribution in [3.05, 3.63) is 0 Å². The maximum atomic E-state index is 12.2. The van der Waals surface area contributed by atoms with Crippen molar-refractivity contribution in [1.29, 1.82) is 0 Å². The fourth-order valence-electron chi connectivity index (χ4n) is 2.42. The number of urea groups is 1. The summed E-state index contributed by atoms with van der Waals surface area (Å²) in [6.07, 6.45) is 3.81. The van der Waals surface area contributed by atoms with E-state index in [1.54, 1.807) is 0 Å². The van der Waals surface area contributed by atoms with Crippen molar-refractivity contribution in [2.24, 2.45) is 11.3 Å². The summed E-state index contributed by atoms with van der Waals surface area (Å²) in [7, 11) is 0. The molecule has 1 rings (SSSR count). The number of rotatable bonds is 9. The van der Waals surface area contributed by atoms with Gasteiger partial charge in [-0.25, -0.2) is 4.79 Å². The molecule has 1 aliphatic heterocycles. The van der Waals surface area contributed by atoms with E-state index in [1.807, 2.05) is 0 Å². The molecule has 4 amide bonds. The Bertz CT molecular complexity index is 374. The second kappa shape index (κ2) is 8.12. The van der Waals surface area contributed by atoms with Gasteiger partial charge in [0.2, 0.25) is 11.8 Å². The average molecular weight is 297 g/mol. The molecule has 1 fully saturated rings. The first-order valence-corrected chi connectivity index (χ1v) is 7.80. The first kappa shape index (κ1) is 17.6. The molecule has 0 spiro atoms. The van der Waals surface area contributed by atoms with Crippen LogP contribution in [-0.2, 0) is 9.59 Å². The van der Waals surface area contributed by atoms with E-state index in [0.717, 1.165) is 25.8 Å². The average Bonchev–Trinajstić information content (AvgIpc) is 2.40. The van der Waals surface area contributed by atoms with Gasteiger partial charge in [-0.05, 0) is 44.7 Å². The number of hydrogen-bond acceptors (Lipinski definition) is 4. The molecule has 0 atom stereocenters. The largest absolute Gasteiger partial charge is 0.328 e. The van der Waals surface area contributed by atoms with Crippen LogP contribution in [0.1, 0.15) is 52.9 Å². The second-order valence-electron chi connectivity index (χ2n) is 6.11. The minimum atomic E-state index is -1.13. The highest BCUT2D eigenvalue weighted by Crippen LogP contribution is 2.32. The van der Waals surface area contributed by atoms with Crippen LogP contribution >= 0.6 is 0 Å². The molecule has 0 bridgehead atoms. The highest BCUT2D eigenvalue weighted by Gasteiger charge is 2.49. The van der Waals surface area contributed by atoms with Crippen molar-refractivity contribution >= 4 is 17.8 Å². The lowest BCUT2D eigenvalue weighted by Crippen LogP contribution is -2.63. The molecule has 0 aromatic carbocycles. The molecule has 21 heavy (non-hydrogen) atoms. The molecule has 6 nitrogen and oxygen atoms in total. The van der Waals surface area contributed by atoms with E-state index >= 15 is 0 Å². The Labute approximate surface area is 126 Å². The molecule has 1 heterocycles. The zero-order chi connectivity index (χ0) is 15.9. The van der Waals surface area contributed by atoms with Gasteiger partial charge in [0.15, 0.2) is 0 Å². The van der Waals surface area contributed by atoms with E-state index in [-0.39, 0.29) is 0 Å². The van der Waals surface area contributed by atoms with Gasteiger partial charge in [-0.1, -0.05) is 27.2 Å². The summed E-state index contributed by atoms with van der Waals surface area (Å²) < 4.78 is 0. The number of barbiturate groups is 1. The van der Waals surface area contributed by atoms with Crippen molar-refractivity contribution in [3.8, 4) is 0 Å². The summed E-state index contributed by atoms with van der Waals surface area (Å²) in [5.41, 5.74) is -1.13. The highest BCUT2D eigenvalue weighted by atomic mass is 16.2. The maximum Gasteiger partial charge on any atom is 0.328 e. The van der Waals surface area contributed by atoms with Crippen molar-refractivity contribution in [1.82, 2.24) is 16.0 Å². The van der Waals surface area contributed by atoms with E-state index in [1.165, 1.54) is 0 Å². The third-order valence-corrected chi connectivity index (χ3v) is 3.91. The quantitative estimate of drug-likeness (QED) is 0.445. The number of imide groups is 2. The van der Waals surface area contributed by atoms with Crippen molar-refractivity contribution in [3.63, 3.8) is 0 Å². The lowest BCUT2D eigenvalue weighted by molar-refractivity contribution is -0.145. The van der Waals surface area contributed by atoms with Crippen LogP contribution in [0.15, 0.2) is 0 Å². The Balaban J connectivity index is 2.71. The molecule has 0 aromatic rings. The van der Waals surface area contributed by atoms with Crippen LogP contribution in [0.25, 0.3) is 0 Å². The van der Waals surface area contributed by atoms with Gasteiger partial charge < -0.3 is 5.32 Å². The number of amides is 4. The minimum Gasteiger partial charge on any atom is -0.317 e. The van der Waals surface area contributed by atoms with Gasteiger partial charge in [-0.15, -0.1) is 0 Å². The Hall–Kier alpha value is -1.43. The van der Waals surface area contributed by atoms with Gasteiger partial charge in [0.05, 0.1) is 0 Å². The van der Waals surface area contributed by atoms with E-state index in [4.69, 9.17) is 0 Å². The zero-order valence-corrected chi connectivity index (χ0v) is 13.3. The van der Waals surface area contributed by atoms with Crippen LogP contribution in [0.2, 0.25) is 0 Å². The zero-order valence-electron chi connectivity index (χ0n) is 13.3. The summed E-state index contributed by atoms with van der Waals surface area (Å²) in [5.74, 6) is -0.531. The van der Waals surface area contributed by atoms with Crippen LogP contribution in [0, 0.1) is 11.3 Å². The maximum absolute atomic E-state index is 12.2. The summed E-state index contributed by atoms with van der Waals surface area (Å²) in [6, 6.07) is -0.718. The third kappa shape index (κ3) is 4.81. The monoisotopic (exact) mass is 297 g/mol. The smallest absolute Gasteiger partial charge is 0.317 e. The topological polar surface area (TPSA) is 87.3 Å². The predicted molar refractivity (Wildman–Crippen MR) is 80.6 cm³/mol. The Kier molecular flexibility index (Phi) is 6.81. The molecule has 1 saturated heterocycles. The van der Waals surface area contributed by atoms with Crippen LogP contribution in [0.5, 0.6) is 0 Å². The third-order valence-electron chi connectivity index (χ3n) is 3.91. The minimum absolute atomic E-state index is 0.396. The molecule has 120 valence electrons. The van der Waals surface area contributed by atoms with Gasteiger partial charge in [-0.3, -0.25) is 20.2 Å². The van der Waals surface area contributed by atoms with E-state index in [9.17, 15) is 14.4 Å². The lowest BCUT2D eigenvalue weighted by Gasteiger charge is -2.34. The van der Waals surface area contributed by atoms with Crippen LogP contribution in [0.4, 0.5) is 4.79 Å². The predicted octanol–water partition coefficient (Wildman–Crippen LogP) is 1.55. The summed E-state index contributed by atoms with van der Waals surface area (Å²) >= 11 is 0. The highest BCUT2D eigenvalue weighted by molar-refractivity contribution is 6.19. The summed E-state index contributed by atoms with van der Waals surface area (Å²) in [6.45, 7) is 7.68.